The molecule has 0 saturated carbocycles. The summed E-state index contributed by atoms with van der Waals surface area (Å²) in [7, 11) is 0. The lowest BCUT2D eigenvalue weighted by molar-refractivity contribution is -0.127. The second-order valence-electron chi connectivity index (χ2n) is 5.04. The molecule has 1 saturated heterocycles. The Labute approximate surface area is 123 Å². The molecule has 0 radical (unpaired) electrons. The van der Waals surface area contributed by atoms with Gasteiger partial charge in [-0.3, -0.25) is 4.79 Å². The van der Waals surface area contributed by atoms with E-state index in [1.807, 2.05) is 6.92 Å². The molecule has 0 spiro atoms. The van der Waals surface area contributed by atoms with Crippen molar-refractivity contribution in [3.8, 4) is 0 Å². The molecular weight excluding hydrogens is 270 g/mol. The zero-order valence-corrected chi connectivity index (χ0v) is 12.0. The summed E-state index contributed by atoms with van der Waals surface area (Å²) in [5.74, 6) is -1.00. The third kappa shape index (κ3) is 4.16. The first-order valence-electron chi connectivity index (χ1n) is 6.97. The van der Waals surface area contributed by atoms with E-state index in [0.29, 0.717) is 19.8 Å². The number of carboxylic acids is 1. The Kier molecular flexibility index (Phi) is 5.11. The van der Waals surface area contributed by atoms with Crippen molar-refractivity contribution in [2.24, 2.45) is 0 Å². The molecule has 5 heteroatoms. The molecule has 1 aromatic rings. The largest absolute Gasteiger partial charge is 0.478 e. The molecule has 1 unspecified atom stereocenters. The van der Waals surface area contributed by atoms with Gasteiger partial charge in [0.1, 0.15) is 0 Å². The molecule has 1 heterocycles. The summed E-state index contributed by atoms with van der Waals surface area (Å²) in [6.45, 7) is 3.87. The predicted molar refractivity (Wildman–Crippen MR) is 79.0 cm³/mol. The lowest BCUT2D eigenvalue weighted by Crippen LogP contribution is -2.38. The fourth-order valence-electron chi connectivity index (χ4n) is 2.22. The molecular formula is C16H19NO4. The average Bonchev–Trinajstić information content (AvgIpc) is 2.70. The lowest BCUT2D eigenvalue weighted by atomic mass is 10.1. The van der Waals surface area contributed by atoms with Crippen molar-refractivity contribution in [2.45, 2.75) is 19.4 Å². The maximum Gasteiger partial charge on any atom is 0.335 e. The van der Waals surface area contributed by atoms with Gasteiger partial charge in [-0.25, -0.2) is 4.79 Å². The van der Waals surface area contributed by atoms with Crippen molar-refractivity contribution >= 4 is 18.0 Å². The predicted octanol–water partition coefficient (Wildman–Crippen LogP) is 2.04. The van der Waals surface area contributed by atoms with Gasteiger partial charge in [0.2, 0.25) is 5.91 Å². The van der Waals surface area contributed by atoms with Gasteiger partial charge >= 0.3 is 5.97 Å². The van der Waals surface area contributed by atoms with E-state index < -0.39 is 5.97 Å². The Morgan fingerprint density at radius 2 is 2.00 bits per heavy atom. The van der Waals surface area contributed by atoms with Gasteiger partial charge in [0.05, 0.1) is 12.2 Å². The van der Waals surface area contributed by atoms with Crippen LogP contribution in [0.15, 0.2) is 30.3 Å². The van der Waals surface area contributed by atoms with Gasteiger partial charge in [-0.15, -0.1) is 0 Å². The highest BCUT2D eigenvalue weighted by atomic mass is 16.5. The third-order valence-electron chi connectivity index (χ3n) is 3.55. The molecule has 0 bridgehead atoms. The van der Waals surface area contributed by atoms with E-state index >= 15 is 0 Å². The van der Waals surface area contributed by atoms with Gasteiger partial charge in [0.25, 0.3) is 0 Å². The SMILES string of the molecule is CC1CCOCCN1C(=O)/C=C/c1ccc(C(=O)O)cc1. The average molecular weight is 289 g/mol. The molecule has 1 N–H and O–H groups in total. The number of hydrogen-bond acceptors (Lipinski definition) is 3. The summed E-state index contributed by atoms with van der Waals surface area (Å²) < 4.78 is 5.37. The Morgan fingerprint density at radius 3 is 2.67 bits per heavy atom. The zero-order valence-electron chi connectivity index (χ0n) is 12.0. The van der Waals surface area contributed by atoms with Crippen molar-refractivity contribution in [3.63, 3.8) is 0 Å². The van der Waals surface area contributed by atoms with Crippen molar-refractivity contribution in [3.05, 3.63) is 41.5 Å². The Morgan fingerprint density at radius 1 is 1.29 bits per heavy atom. The number of carbonyl (C=O) groups excluding carboxylic acids is 1. The topological polar surface area (TPSA) is 66.8 Å². The molecule has 2 rings (SSSR count). The van der Waals surface area contributed by atoms with Crippen LogP contribution in [-0.2, 0) is 9.53 Å². The molecule has 112 valence electrons. The maximum absolute atomic E-state index is 12.2. The summed E-state index contributed by atoms with van der Waals surface area (Å²) in [5.41, 5.74) is 1.03. The molecule has 5 nitrogen and oxygen atoms in total. The Balaban J connectivity index is 2.02. The number of rotatable bonds is 3. The molecule has 1 amide bonds. The van der Waals surface area contributed by atoms with Crippen LogP contribution in [0.25, 0.3) is 6.08 Å². The summed E-state index contributed by atoms with van der Waals surface area (Å²) in [6.07, 6.45) is 4.07. The van der Waals surface area contributed by atoms with E-state index in [1.165, 1.54) is 18.2 Å². The summed E-state index contributed by atoms with van der Waals surface area (Å²) >= 11 is 0. The first kappa shape index (κ1) is 15.3. The first-order valence-corrected chi connectivity index (χ1v) is 6.97. The summed E-state index contributed by atoms with van der Waals surface area (Å²) in [5, 5.41) is 8.83. The highest BCUT2D eigenvalue weighted by molar-refractivity contribution is 5.92. The van der Waals surface area contributed by atoms with Crippen molar-refractivity contribution in [1.82, 2.24) is 4.90 Å². The fourth-order valence-corrected chi connectivity index (χ4v) is 2.22. The molecule has 21 heavy (non-hydrogen) atoms. The van der Waals surface area contributed by atoms with E-state index in [2.05, 4.69) is 0 Å². The first-order chi connectivity index (χ1) is 10.1. The Bertz CT molecular complexity index is 536. The standard InChI is InChI=1S/C16H19NO4/c1-12-8-10-21-11-9-17(12)15(18)7-4-13-2-5-14(6-3-13)16(19)20/h2-7,12H,8-11H2,1H3,(H,19,20)/b7-4+. The minimum Gasteiger partial charge on any atom is -0.478 e. The minimum atomic E-state index is -0.958. The summed E-state index contributed by atoms with van der Waals surface area (Å²) in [4.78, 5) is 24.8. The Hall–Kier alpha value is -2.14. The van der Waals surface area contributed by atoms with Crippen molar-refractivity contribution < 1.29 is 19.4 Å². The van der Waals surface area contributed by atoms with Crippen LogP contribution >= 0.6 is 0 Å². The normalized spacial score (nSPS) is 19.5. The van der Waals surface area contributed by atoms with Crippen molar-refractivity contribution in [2.75, 3.05) is 19.8 Å². The quantitative estimate of drug-likeness (QED) is 0.865. The van der Waals surface area contributed by atoms with E-state index in [0.717, 1.165) is 12.0 Å². The molecule has 1 atom stereocenters. The third-order valence-corrected chi connectivity index (χ3v) is 3.55. The van der Waals surface area contributed by atoms with Gasteiger partial charge in [0.15, 0.2) is 0 Å². The van der Waals surface area contributed by atoms with Crippen LogP contribution in [-0.4, -0.2) is 47.7 Å². The van der Waals surface area contributed by atoms with Crippen LogP contribution in [0.3, 0.4) is 0 Å². The highest BCUT2D eigenvalue weighted by Gasteiger charge is 2.20. The monoisotopic (exact) mass is 289 g/mol. The molecule has 1 aliphatic rings. The van der Waals surface area contributed by atoms with Crippen molar-refractivity contribution in [1.29, 1.82) is 0 Å². The number of amides is 1. The van der Waals surface area contributed by atoms with Gasteiger partial charge < -0.3 is 14.7 Å². The van der Waals surface area contributed by atoms with Gasteiger partial charge in [-0.1, -0.05) is 12.1 Å². The molecule has 1 aliphatic heterocycles. The minimum absolute atomic E-state index is 0.0460. The number of carboxylic acid groups (broad SMARTS) is 1. The number of benzene rings is 1. The van der Waals surface area contributed by atoms with Crippen LogP contribution in [0, 0.1) is 0 Å². The van der Waals surface area contributed by atoms with Crippen LogP contribution < -0.4 is 0 Å². The van der Waals surface area contributed by atoms with E-state index in [4.69, 9.17) is 9.84 Å². The van der Waals surface area contributed by atoms with Crippen LogP contribution in [0.2, 0.25) is 0 Å². The van der Waals surface area contributed by atoms with E-state index in [9.17, 15) is 9.59 Å². The fraction of sp³-hybridized carbons (Fsp3) is 0.375. The van der Waals surface area contributed by atoms with Crippen LogP contribution in [0.5, 0.6) is 0 Å². The van der Waals surface area contributed by atoms with E-state index in [1.54, 1.807) is 23.1 Å². The number of hydrogen-bond donors (Lipinski definition) is 1. The molecule has 0 aliphatic carbocycles. The second kappa shape index (κ2) is 7.04. The molecule has 1 aromatic carbocycles. The van der Waals surface area contributed by atoms with Gasteiger partial charge in [0, 0.05) is 25.3 Å². The van der Waals surface area contributed by atoms with E-state index in [-0.39, 0.29) is 17.5 Å². The maximum atomic E-state index is 12.2. The second-order valence-corrected chi connectivity index (χ2v) is 5.04. The smallest absolute Gasteiger partial charge is 0.335 e. The number of carbonyl (C=O) groups is 2. The van der Waals surface area contributed by atoms with Gasteiger partial charge in [-0.2, -0.15) is 0 Å². The number of nitrogens with zero attached hydrogens (tertiary/aromatic N) is 1. The van der Waals surface area contributed by atoms with Crippen LogP contribution in [0.4, 0.5) is 0 Å². The van der Waals surface area contributed by atoms with Gasteiger partial charge in [-0.05, 0) is 37.1 Å². The number of aromatic carboxylic acids is 1. The molecule has 1 fully saturated rings. The number of ether oxygens (including phenoxy) is 1. The molecule has 0 aromatic heterocycles. The summed E-state index contributed by atoms with van der Waals surface area (Å²) in [6, 6.07) is 6.58. The van der Waals surface area contributed by atoms with Crippen LogP contribution in [0.1, 0.15) is 29.3 Å². The lowest BCUT2D eigenvalue weighted by Gasteiger charge is -2.24. The highest BCUT2D eigenvalue weighted by Crippen LogP contribution is 2.11. The zero-order chi connectivity index (χ0) is 15.2.